The summed E-state index contributed by atoms with van der Waals surface area (Å²) >= 11 is 0. The van der Waals surface area contributed by atoms with E-state index in [2.05, 4.69) is 10.6 Å². The van der Waals surface area contributed by atoms with Crippen LogP contribution in [0.1, 0.15) is 44.1 Å². The number of aromatic hydroxyl groups is 1. The number of rotatable bonds is 7. The summed E-state index contributed by atoms with van der Waals surface area (Å²) in [4.78, 5) is 24.7. The smallest absolute Gasteiger partial charge is 0.227 e. The standard InChI is InChI=1S/C33H36N6O2/c1-21(22-12-18-26(19-13-22)39-20-23-8-4-5-9-27(23)32(39)41)31(40)34-24-14-16-25(17-15-24)35-33-36-29-11-7-6-10-28(29)30(37-33)38(2)3/h4-13,18-21,24-25,41H,14-17H2,1-3H3,(H,34,40)(H,35,36,37). The Hall–Kier alpha value is -4.59. The van der Waals surface area contributed by atoms with Crippen LogP contribution in [0, 0.1) is 0 Å². The van der Waals surface area contributed by atoms with Crippen LogP contribution in [-0.4, -0.2) is 51.7 Å². The van der Waals surface area contributed by atoms with Gasteiger partial charge in [-0.15, -0.1) is 0 Å². The van der Waals surface area contributed by atoms with Gasteiger partial charge in [0, 0.05) is 54.2 Å². The largest absolute Gasteiger partial charge is 0.494 e. The first-order chi connectivity index (χ1) is 19.9. The molecule has 1 unspecified atom stereocenters. The fourth-order valence-electron chi connectivity index (χ4n) is 5.77. The Bertz CT molecular complexity index is 1690. The fourth-order valence-corrected chi connectivity index (χ4v) is 5.77. The van der Waals surface area contributed by atoms with Gasteiger partial charge in [0.2, 0.25) is 17.7 Å². The quantitative estimate of drug-likeness (QED) is 0.231. The molecule has 3 N–H and O–H groups in total. The zero-order valence-corrected chi connectivity index (χ0v) is 23.7. The van der Waals surface area contributed by atoms with Crippen LogP contribution in [0.4, 0.5) is 11.8 Å². The first kappa shape index (κ1) is 26.6. The summed E-state index contributed by atoms with van der Waals surface area (Å²) in [5.74, 6) is 1.54. The minimum Gasteiger partial charge on any atom is -0.494 e. The Morgan fingerprint density at radius 2 is 1.56 bits per heavy atom. The molecule has 1 amide bonds. The van der Waals surface area contributed by atoms with E-state index in [0.29, 0.717) is 5.95 Å². The Labute approximate surface area is 240 Å². The highest BCUT2D eigenvalue weighted by atomic mass is 16.3. The van der Waals surface area contributed by atoms with Gasteiger partial charge in [0.05, 0.1) is 11.4 Å². The Kier molecular flexibility index (Phi) is 7.22. The van der Waals surface area contributed by atoms with Gasteiger partial charge in [0.25, 0.3) is 0 Å². The molecule has 3 aromatic carbocycles. The summed E-state index contributed by atoms with van der Waals surface area (Å²) in [6.07, 6.45) is 5.62. The number of aromatic nitrogens is 3. The molecule has 6 rings (SSSR count). The van der Waals surface area contributed by atoms with E-state index in [1.54, 1.807) is 4.57 Å². The van der Waals surface area contributed by atoms with E-state index in [-0.39, 0.29) is 29.8 Å². The summed E-state index contributed by atoms with van der Waals surface area (Å²) in [7, 11) is 3.99. The van der Waals surface area contributed by atoms with E-state index in [1.165, 1.54) is 0 Å². The first-order valence-corrected chi connectivity index (χ1v) is 14.3. The summed E-state index contributed by atoms with van der Waals surface area (Å²) in [5, 5.41) is 20.3. The molecule has 2 heterocycles. The van der Waals surface area contributed by atoms with Crippen molar-refractivity contribution in [2.45, 2.75) is 50.6 Å². The molecular formula is C33H36N6O2. The summed E-state index contributed by atoms with van der Waals surface area (Å²) in [6.45, 7) is 1.94. The van der Waals surface area contributed by atoms with Crippen molar-refractivity contribution in [3.8, 4) is 11.6 Å². The molecule has 8 heteroatoms. The zero-order valence-electron chi connectivity index (χ0n) is 23.7. The van der Waals surface area contributed by atoms with E-state index in [4.69, 9.17) is 9.97 Å². The number of hydrogen-bond donors (Lipinski definition) is 3. The number of hydrogen-bond acceptors (Lipinski definition) is 6. The van der Waals surface area contributed by atoms with Gasteiger partial charge in [0.15, 0.2) is 0 Å². The van der Waals surface area contributed by atoms with Gasteiger partial charge in [-0.2, -0.15) is 4.98 Å². The number of anilines is 2. The van der Waals surface area contributed by atoms with Crippen molar-refractivity contribution in [1.29, 1.82) is 0 Å². The Balaban J connectivity index is 1.05. The second-order valence-electron chi connectivity index (χ2n) is 11.2. The lowest BCUT2D eigenvalue weighted by Gasteiger charge is -2.30. The lowest BCUT2D eigenvalue weighted by Crippen LogP contribution is -2.41. The first-order valence-electron chi connectivity index (χ1n) is 14.3. The summed E-state index contributed by atoms with van der Waals surface area (Å²) in [6, 6.07) is 24.1. The molecule has 210 valence electrons. The van der Waals surface area contributed by atoms with Crippen molar-refractivity contribution in [3.05, 3.63) is 84.6 Å². The second kappa shape index (κ2) is 11.1. The van der Waals surface area contributed by atoms with Gasteiger partial charge in [-0.05, 0) is 68.5 Å². The third-order valence-electron chi connectivity index (χ3n) is 8.18. The number of amides is 1. The van der Waals surface area contributed by atoms with E-state index in [9.17, 15) is 9.90 Å². The molecule has 1 saturated carbocycles. The SMILES string of the molecule is CC(C(=O)NC1CCC(Nc2nc(N(C)C)c3ccccc3n2)CC1)c1ccc(-n2cc3ccccc3c2O)cc1. The van der Waals surface area contributed by atoms with Crippen LogP contribution in [0.3, 0.4) is 0 Å². The van der Waals surface area contributed by atoms with Crippen LogP contribution in [0.2, 0.25) is 0 Å². The van der Waals surface area contributed by atoms with Gasteiger partial charge in [-0.25, -0.2) is 4.98 Å². The molecule has 0 radical (unpaired) electrons. The maximum absolute atomic E-state index is 13.1. The van der Waals surface area contributed by atoms with Gasteiger partial charge in [-0.3, -0.25) is 9.36 Å². The molecular weight excluding hydrogens is 512 g/mol. The molecule has 0 aliphatic heterocycles. The van der Waals surface area contributed by atoms with Crippen molar-refractivity contribution >= 4 is 39.3 Å². The minimum atomic E-state index is -0.271. The molecule has 1 fully saturated rings. The van der Waals surface area contributed by atoms with Gasteiger partial charge in [-0.1, -0.05) is 42.5 Å². The monoisotopic (exact) mass is 548 g/mol. The topological polar surface area (TPSA) is 95.3 Å². The van der Waals surface area contributed by atoms with Gasteiger partial charge < -0.3 is 20.6 Å². The molecule has 2 aromatic heterocycles. The normalized spacial score (nSPS) is 17.8. The molecule has 41 heavy (non-hydrogen) atoms. The van der Waals surface area contributed by atoms with Crippen molar-refractivity contribution in [2.24, 2.45) is 0 Å². The van der Waals surface area contributed by atoms with E-state index < -0.39 is 0 Å². The predicted octanol–water partition coefficient (Wildman–Crippen LogP) is 5.99. The Morgan fingerprint density at radius 1 is 0.902 bits per heavy atom. The van der Waals surface area contributed by atoms with Gasteiger partial charge in [0.1, 0.15) is 5.82 Å². The maximum Gasteiger partial charge on any atom is 0.227 e. The number of nitrogens with zero attached hydrogens (tertiary/aromatic N) is 4. The van der Waals surface area contributed by atoms with Crippen LogP contribution in [0.25, 0.3) is 27.4 Å². The predicted molar refractivity (Wildman–Crippen MR) is 165 cm³/mol. The summed E-state index contributed by atoms with van der Waals surface area (Å²) in [5.41, 5.74) is 2.73. The average molecular weight is 549 g/mol. The molecule has 0 bridgehead atoms. The Morgan fingerprint density at radius 3 is 2.27 bits per heavy atom. The van der Waals surface area contributed by atoms with E-state index >= 15 is 0 Å². The van der Waals surface area contributed by atoms with Gasteiger partial charge >= 0.3 is 0 Å². The van der Waals surface area contributed by atoms with Crippen molar-refractivity contribution in [2.75, 3.05) is 24.3 Å². The molecule has 0 saturated heterocycles. The van der Waals surface area contributed by atoms with Crippen LogP contribution in [-0.2, 0) is 4.79 Å². The van der Waals surface area contributed by atoms with Crippen LogP contribution in [0.5, 0.6) is 5.88 Å². The fraction of sp³-hybridized carbons (Fsp3) is 0.303. The van der Waals surface area contributed by atoms with E-state index in [1.807, 2.05) is 105 Å². The van der Waals surface area contributed by atoms with E-state index in [0.717, 1.165) is 64.4 Å². The van der Waals surface area contributed by atoms with Crippen LogP contribution < -0.4 is 15.5 Å². The third kappa shape index (κ3) is 5.42. The zero-order chi connectivity index (χ0) is 28.5. The van der Waals surface area contributed by atoms with Crippen LogP contribution >= 0.6 is 0 Å². The lowest BCUT2D eigenvalue weighted by atomic mass is 9.90. The average Bonchev–Trinajstić information content (AvgIpc) is 3.33. The number of nitrogens with one attached hydrogen (secondary N) is 2. The molecule has 5 aromatic rings. The highest BCUT2D eigenvalue weighted by Gasteiger charge is 2.25. The number of fused-ring (bicyclic) bond motifs is 2. The lowest BCUT2D eigenvalue weighted by molar-refractivity contribution is -0.123. The molecule has 8 nitrogen and oxygen atoms in total. The number of benzene rings is 3. The van der Waals surface area contributed by atoms with Crippen molar-refractivity contribution < 1.29 is 9.90 Å². The maximum atomic E-state index is 13.1. The molecule has 0 spiro atoms. The number of carbonyl (C=O) groups excluding carboxylic acids is 1. The van der Waals surface area contributed by atoms with Crippen molar-refractivity contribution in [3.63, 3.8) is 0 Å². The van der Waals surface area contributed by atoms with Crippen LogP contribution in [0.15, 0.2) is 79.0 Å². The second-order valence-corrected chi connectivity index (χ2v) is 11.2. The molecule has 1 aliphatic carbocycles. The molecule has 1 aliphatic rings. The number of carbonyl (C=O) groups is 1. The third-order valence-corrected chi connectivity index (χ3v) is 8.18. The molecule has 1 atom stereocenters. The highest BCUT2D eigenvalue weighted by molar-refractivity contribution is 5.90. The van der Waals surface area contributed by atoms with Crippen molar-refractivity contribution in [1.82, 2.24) is 19.9 Å². The highest BCUT2D eigenvalue weighted by Crippen LogP contribution is 2.31. The number of para-hydroxylation sites is 1. The minimum absolute atomic E-state index is 0.0391. The summed E-state index contributed by atoms with van der Waals surface area (Å²) < 4.78 is 1.77.